The molecule has 6 saturated heterocycles. The van der Waals surface area contributed by atoms with Crippen molar-refractivity contribution in [3.8, 4) is 17.1 Å². The highest BCUT2D eigenvalue weighted by Gasteiger charge is 2.43. The minimum Gasteiger partial charge on any atom is -0.313 e. The number of Topliss-reactive ketones (excluding diaryl/α,β-unsaturated/α-hetero) is 3. The molecule has 6 aliphatic rings. The number of fused-ring (bicyclic) bond motifs is 9. The molecule has 6 aliphatic heterocycles. The van der Waals surface area contributed by atoms with Crippen molar-refractivity contribution in [2.75, 3.05) is 49.9 Å². The lowest BCUT2D eigenvalue weighted by atomic mass is 10.00. The average Bonchev–Trinajstić information content (AvgIpc) is 1.61. The summed E-state index contributed by atoms with van der Waals surface area (Å²) in [4.78, 5) is 48.2. The van der Waals surface area contributed by atoms with E-state index in [1.165, 1.54) is 102 Å². The van der Waals surface area contributed by atoms with Gasteiger partial charge in [0.15, 0.2) is 27.2 Å². The molecule has 15 nitrogen and oxygen atoms in total. The predicted octanol–water partition coefficient (Wildman–Crippen LogP) is 15.3. The highest BCUT2D eigenvalue weighted by atomic mass is 35.5. The number of carbonyl (C=O) groups is 3. The molecule has 6 fully saturated rings. The first kappa shape index (κ1) is 71.0. The van der Waals surface area contributed by atoms with Gasteiger partial charge < -0.3 is 13.7 Å². The second kappa shape index (κ2) is 28.8. The number of hydrogen-bond acceptors (Lipinski definition) is 12. The van der Waals surface area contributed by atoms with Gasteiger partial charge in [0.2, 0.25) is 0 Å². The van der Waals surface area contributed by atoms with Crippen LogP contribution in [0, 0.1) is 20.8 Å². The van der Waals surface area contributed by atoms with Gasteiger partial charge in [-0.15, -0.1) is 0 Å². The minimum atomic E-state index is -3.17. The monoisotopic (exact) mass is 1450 g/mol. The maximum Gasteiger partial charge on any atom is 0.179 e. The topological polar surface area (TPSA) is 178 Å². The number of aryl methyl sites for hydroxylation is 2. The van der Waals surface area contributed by atoms with Crippen molar-refractivity contribution < 1.29 is 39.6 Å². The van der Waals surface area contributed by atoms with Crippen molar-refractivity contribution >= 4 is 114 Å². The van der Waals surface area contributed by atoms with Crippen LogP contribution in [-0.2, 0) is 48.1 Å². The van der Waals surface area contributed by atoms with E-state index < -0.39 is 29.5 Å². The Labute approximate surface area is 597 Å². The van der Waals surface area contributed by atoms with Crippen LogP contribution in [0.1, 0.15) is 148 Å². The summed E-state index contributed by atoms with van der Waals surface area (Å²) in [6.07, 6.45) is 20.3. The summed E-state index contributed by atoms with van der Waals surface area (Å²) in [5, 5.41) is 4.66. The first-order valence-electron chi connectivity index (χ1n) is 34.7. The van der Waals surface area contributed by atoms with E-state index in [9.17, 15) is 39.6 Å². The van der Waals surface area contributed by atoms with Crippen LogP contribution >= 0.6 is 34.8 Å². The smallest absolute Gasteiger partial charge is 0.179 e. The molecule has 21 heteroatoms. The van der Waals surface area contributed by atoms with Gasteiger partial charge in [-0.05, 0) is 218 Å². The number of rotatable bonds is 20. The molecule has 6 aromatic carbocycles. The largest absolute Gasteiger partial charge is 0.313 e. The lowest BCUT2D eigenvalue weighted by molar-refractivity contribution is 0.0827. The van der Waals surface area contributed by atoms with Gasteiger partial charge in [0.05, 0.1) is 53.4 Å². The molecule has 0 amide bonds. The van der Waals surface area contributed by atoms with Crippen LogP contribution in [0.25, 0.3) is 49.8 Å². The minimum absolute atomic E-state index is 0.0335. The maximum absolute atomic E-state index is 13.8. The van der Waals surface area contributed by atoms with E-state index in [2.05, 4.69) is 23.8 Å². The van der Waals surface area contributed by atoms with Gasteiger partial charge in [-0.25, -0.2) is 25.3 Å². The van der Waals surface area contributed by atoms with Crippen molar-refractivity contribution in [3.05, 3.63) is 193 Å². The molecule has 2 atom stereocenters. The van der Waals surface area contributed by atoms with Crippen LogP contribution in [0.15, 0.2) is 127 Å². The van der Waals surface area contributed by atoms with E-state index in [0.717, 1.165) is 94.7 Å². The number of benzene rings is 6. The molecular weight excluding hydrogens is 1370 g/mol. The van der Waals surface area contributed by atoms with Crippen molar-refractivity contribution in [1.29, 1.82) is 0 Å². The van der Waals surface area contributed by atoms with E-state index in [1.54, 1.807) is 0 Å². The summed E-state index contributed by atoms with van der Waals surface area (Å²) < 4.78 is 76.8. The number of nitrogens with zero attached hydrogens (tertiary/aromatic N) is 6. The normalized spacial score (nSPS) is 20.8. The number of ketones is 3. The van der Waals surface area contributed by atoms with Gasteiger partial charge in [0.1, 0.15) is 19.7 Å². The zero-order valence-electron chi connectivity index (χ0n) is 57.2. The van der Waals surface area contributed by atoms with Gasteiger partial charge in [-0.1, -0.05) is 77.6 Å². The Hall–Kier alpha value is -6.45. The van der Waals surface area contributed by atoms with Crippen molar-refractivity contribution in [2.24, 2.45) is 0 Å². The second-order valence-electron chi connectivity index (χ2n) is 28.7. The zero-order valence-corrected chi connectivity index (χ0v) is 61.9. The lowest BCUT2D eigenvalue weighted by Crippen LogP contribution is -2.42. The van der Waals surface area contributed by atoms with Crippen LogP contribution in [0.2, 0.25) is 15.1 Å². The number of carbonyl (C=O) groups excluding carboxylic acids is 3. The fourth-order valence-electron chi connectivity index (χ4n) is 17.3. The van der Waals surface area contributed by atoms with E-state index >= 15 is 0 Å². The molecular formula is C78H87Cl3N6O9S3. The van der Waals surface area contributed by atoms with E-state index in [1.807, 2.05) is 153 Å². The average molecular weight is 1460 g/mol. The molecule has 6 bridgehead atoms. The molecule has 3 aromatic heterocycles. The van der Waals surface area contributed by atoms with E-state index in [4.69, 9.17) is 34.8 Å². The standard InChI is InChI=1S/C27H31ClN2O3S.C26H29ClN2O3S.C25H27ClN2O3S/c1-18-27(26(31)17-29-21-4-3-5-22(29)12-11-21)24-13-6-19(14-15-34(2,32)33)16-25(24)30(18)23-9-7-20(28)8-10-23;1-17-26(25(30)16-28-20-8-9-21(28)11-10-20)23-12-3-18(13-14-33(2,31)32)15-24(23)29(17)22-6-4-19(27)5-7-22;1-16-25(24(29)14-27-19-8-9-20(27)11-10-19)22-12-3-17(15-32(2,30)31)13-23(22)28(16)21-6-4-18(26)5-7-21/h6-10,13,16,21-22H,3-5,11-12,14-15,17H2,1-2H3;3-7,12,15,20-21H,8-11,13-14,16H2,1-2H3;3-7,12-13,19-20H,8-11,14-15H2,1-2H3. The quantitative estimate of drug-likeness (QED) is 0.0661. The first-order valence-corrected chi connectivity index (χ1v) is 42.0. The van der Waals surface area contributed by atoms with Crippen LogP contribution in [0.4, 0.5) is 0 Å². The third-order valence-corrected chi connectivity index (χ3v) is 25.4. The summed E-state index contributed by atoms with van der Waals surface area (Å²) in [6, 6.07) is 43.5. The molecule has 0 N–H and O–H groups in total. The van der Waals surface area contributed by atoms with E-state index in [0.29, 0.717) is 89.4 Å². The Morgan fingerprint density at radius 1 is 0.364 bits per heavy atom. The van der Waals surface area contributed by atoms with Crippen LogP contribution < -0.4 is 0 Å². The number of piperidine rings is 1. The molecule has 0 spiro atoms. The third kappa shape index (κ3) is 15.4. The third-order valence-electron chi connectivity index (χ3n) is 21.9. The fourth-order valence-corrected chi connectivity index (χ4v) is 19.7. The van der Waals surface area contributed by atoms with Gasteiger partial charge in [0, 0.05) is 137 Å². The lowest BCUT2D eigenvalue weighted by Gasteiger charge is -2.34. The Kier molecular flexibility index (Phi) is 20.6. The summed E-state index contributed by atoms with van der Waals surface area (Å²) in [5.41, 5.74) is 13.0. The Balaban J connectivity index is 0.000000133. The highest BCUT2D eigenvalue weighted by molar-refractivity contribution is 7.91. The molecule has 522 valence electrons. The Bertz CT molecular complexity index is 4910. The van der Waals surface area contributed by atoms with Gasteiger partial charge in [0.25, 0.3) is 0 Å². The van der Waals surface area contributed by atoms with Crippen molar-refractivity contribution in [1.82, 2.24) is 28.4 Å². The SMILES string of the molecule is Cc1c(C(=O)CN2C3CCC2CC3)c2ccc(CCS(C)(=O)=O)cc2n1-c1ccc(Cl)cc1.Cc1c(C(=O)CN2C3CCC2CC3)c2ccc(CS(C)(=O)=O)cc2n1-c1ccc(Cl)cc1.Cc1c(C(=O)CN2C3CCCC2CC3)c2ccc(CCS(C)(=O)=O)cc2n1-c1ccc(Cl)cc1. The second-order valence-corrected chi connectivity index (χ2v) is 36.7. The Morgan fingerprint density at radius 2 is 0.626 bits per heavy atom. The maximum atomic E-state index is 13.8. The van der Waals surface area contributed by atoms with Crippen molar-refractivity contribution in [2.45, 2.75) is 159 Å². The molecule has 2 unspecified atom stereocenters. The number of halogens is 3. The molecule has 15 rings (SSSR count). The van der Waals surface area contributed by atoms with Crippen molar-refractivity contribution in [3.63, 3.8) is 0 Å². The fraction of sp³-hybridized carbons (Fsp3) is 0.423. The molecule has 9 aromatic rings. The molecule has 0 radical (unpaired) electrons. The number of sulfone groups is 3. The summed E-state index contributed by atoms with van der Waals surface area (Å²) in [7, 11) is -9.29. The zero-order chi connectivity index (χ0) is 70.0. The summed E-state index contributed by atoms with van der Waals surface area (Å²) in [6.45, 7) is 7.34. The first-order chi connectivity index (χ1) is 47.1. The van der Waals surface area contributed by atoms with E-state index in [-0.39, 0.29) is 34.6 Å². The summed E-state index contributed by atoms with van der Waals surface area (Å²) >= 11 is 18.4. The van der Waals surface area contributed by atoms with Gasteiger partial charge in [-0.2, -0.15) is 0 Å². The molecule has 0 saturated carbocycles. The van der Waals surface area contributed by atoms with Gasteiger partial charge >= 0.3 is 0 Å². The number of aromatic nitrogens is 3. The van der Waals surface area contributed by atoms with Crippen LogP contribution in [0.3, 0.4) is 0 Å². The highest BCUT2D eigenvalue weighted by Crippen LogP contribution is 2.42. The summed E-state index contributed by atoms with van der Waals surface area (Å²) in [5.74, 6) is 0.625. The Morgan fingerprint density at radius 3 is 0.899 bits per heavy atom. The molecule has 99 heavy (non-hydrogen) atoms. The number of hydrogen-bond donors (Lipinski definition) is 0. The predicted molar refractivity (Wildman–Crippen MR) is 400 cm³/mol. The van der Waals surface area contributed by atoms with Gasteiger partial charge in [-0.3, -0.25) is 29.1 Å². The van der Waals surface area contributed by atoms with Crippen LogP contribution in [0.5, 0.6) is 0 Å². The van der Waals surface area contributed by atoms with Crippen LogP contribution in [-0.4, -0.2) is 157 Å². The molecule has 0 aliphatic carbocycles. The molecule has 9 heterocycles.